The molecular formula is C19H20F3N3OS. The number of nitrogens with zero attached hydrogens (tertiary/aromatic N) is 1. The first-order valence-corrected chi connectivity index (χ1v) is 9.77. The van der Waals surface area contributed by atoms with Gasteiger partial charge in [0, 0.05) is 23.0 Å². The number of carbonyl (C=O) groups excluding carboxylic acids is 1. The van der Waals surface area contributed by atoms with Gasteiger partial charge in [0.2, 0.25) is 0 Å². The van der Waals surface area contributed by atoms with Crippen LogP contribution in [-0.2, 0) is 6.18 Å². The van der Waals surface area contributed by atoms with Crippen molar-refractivity contribution < 1.29 is 18.0 Å². The van der Waals surface area contributed by atoms with Gasteiger partial charge in [-0.1, -0.05) is 11.8 Å². The standard InChI is InChI=1S/C19H20F3N3OS/c20-19(21,22)16-5-6-17(24-16)27-14-3-1-13(2-4-14)18(26)23-15-11-25-9-7-12(15)8-10-25/h1-6,12,15,24H,7-11H2,(H,23,26)/t15-/m0/s1. The number of aromatic nitrogens is 1. The molecule has 3 aliphatic rings. The second-order valence-electron chi connectivity index (χ2n) is 7.08. The van der Waals surface area contributed by atoms with Crippen LogP contribution in [0, 0.1) is 5.92 Å². The number of benzene rings is 1. The van der Waals surface area contributed by atoms with E-state index < -0.39 is 11.9 Å². The largest absolute Gasteiger partial charge is 0.431 e. The lowest BCUT2D eigenvalue weighted by atomic mass is 9.84. The molecule has 2 aromatic rings. The zero-order valence-corrected chi connectivity index (χ0v) is 15.4. The van der Waals surface area contributed by atoms with Crippen molar-refractivity contribution in [3.05, 3.63) is 47.7 Å². The van der Waals surface area contributed by atoms with Gasteiger partial charge in [-0.15, -0.1) is 0 Å². The number of nitrogens with one attached hydrogen (secondary N) is 2. The van der Waals surface area contributed by atoms with Gasteiger partial charge in [-0.05, 0) is 68.2 Å². The van der Waals surface area contributed by atoms with Gasteiger partial charge >= 0.3 is 6.18 Å². The Morgan fingerprint density at radius 3 is 2.37 bits per heavy atom. The van der Waals surface area contributed by atoms with Gasteiger partial charge in [-0.2, -0.15) is 13.2 Å². The summed E-state index contributed by atoms with van der Waals surface area (Å²) in [6.45, 7) is 3.16. The molecule has 0 spiro atoms. The molecule has 1 aromatic heterocycles. The fourth-order valence-electron chi connectivity index (χ4n) is 3.78. The number of H-pyrrole nitrogens is 1. The summed E-state index contributed by atoms with van der Waals surface area (Å²) in [6.07, 6.45) is -2.11. The molecule has 8 heteroatoms. The summed E-state index contributed by atoms with van der Waals surface area (Å²) in [6, 6.07) is 9.57. The summed E-state index contributed by atoms with van der Waals surface area (Å²) in [5.74, 6) is 0.467. The minimum absolute atomic E-state index is 0.0930. The van der Waals surface area contributed by atoms with Crippen LogP contribution in [0.5, 0.6) is 0 Å². The minimum atomic E-state index is -4.38. The predicted molar refractivity (Wildman–Crippen MR) is 96.8 cm³/mol. The van der Waals surface area contributed by atoms with E-state index in [-0.39, 0.29) is 11.9 Å². The van der Waals surface area contributed by atoms with Crippen molar-refractivity contribution in [1.82, 2.24) is 15.2 Å². The summed E-state index contributed by atoms with van der Waals surface area (Å²) in [4.78, 5) is 18.0. The van der Waals surface area contributed by atoms with Crippen molar-refractivity contribution in [2.24, 2.45) is 5.92 Å². The Kier molecular flexibility index (Phi) is 4.94. The maximum atomic E-state index is 12.6. The lowest BCUT2D eigenvalue weighted by Gasteiger charge is -2.44. The SMILES string of the molecule is O=C(N[C@H]1CN2CCC1CC2)c1ccc(Sc2ccc(C(F)(F)F)[nH]2)cc1. The van der Waals surface area contributed by atoms with E-state index in [2.05, 4.69) is 15.2 Å². The molecule has 1 aromatic carbocycles. The third kappa shape index (κ3) is 4.16. The van der Waals surface area contributed by atoms with Gasteiger partial charge in [0.1, 0.15) is 5.69 Å². The average Bonchev–Trinajstić information content (AvgIpc) is 3.12. The van der Waals surface area contributed by atoms with Gasteiger partial charge in [0.05, 0.1) is 5.03 Å². The van der Waals surface area contributed by atoms with Gasteiger partial charge in [0.25, 0.3) is 5.91 Å². The third-order valence-electron chi connectivity index (χ3n) is 5.28. The van der Waals surface area contributed by atoms with Crippen LogP contribution >= 0.6 is 11.8 Å². The summed E-state index contributed by atoms with van der Waals surface area (Å²) in [7, 11) is 0. The van der Waals surface area contributed by atoms with E-state index in [0.29, 0.717) is 16.5 Å². The molecule has 1 atom stereocenters. The highest BCUT2D eigenvalue weighted by Crippen LogP contribution is 2.33. The smallest absolute Gasteiger partial charge is 0.348 e. The topological polar surface area (TPSA) is 48.1 Å². The molecule has 3 saturated heterocycles. The second kappa shape index (κ2) is 7.24. The van der Waals surface area contributed by atoms with Crippen LogP contribution in [0.1, 0.15) is 28.9 Å². The lowest BCUT2D eigenvalue weighted by Crippen LogP contribution is -2.57. The first-order chi connectivity index (χ1) is 12.9. The number of hydrogen-bond acceptors (Lipinski definition) is 3. The predicted octanol–water partition coefficient (Wildman–Crippen LogP) is 4.01. The van der Waals surface area contributed by atoms with E-state index in [1.54, 1.807) is 24.3 Å². The molecule has 4 heterocycles. The maximum Gasteiger partial charge on any atom is 0.431 e. The van der Waals surface area contributed by atoms with Crippen molar-refractivity contribution in [3.63, 3.8) is 0 Å². The van der Waals surface area contributed by atoms with Crippen molar-refractivity contribution in [3.8, 4) is 0 Å². The fourth-order valence-corrected chi connectivity index (χ4v) is 4.60. The highest BCUT2D eigenvalue weighted by Gasteiger charge is 2.35. The zero-order valence-electron chi connectivity index (χ0n) is 14.6. The van der Waals surface area contributed by atoms with Crippen LogP contribution in [0.25, 0.3) is 0 Å². The molecule has 3 aliphatic heterocycles. The second-order valence-corrected chi connectivity index (χ2v) is 8.19. The molecule has 0 radical (unpaired) electrons. The monoisotopic (exact) mass is 395 g/mol. The number of alkyl halides is 3. The Morgan fingerprint density at radius 1 is 1.11 bits per heavy atom. The molecule has 0 saturated carbocycles. The zero-order chi connectivity index (χ0) is 19.0. The number of fused-ring (bicyclic) bond motifs is 3. The van der Waals surface area contributed by atoms with E-state index in [9.17, 15) is 18.0 Å². The van der Waals surface area contributed by atoms with E-state index in [1.807, 2.05) is 0 Å². The van der Waals surface area contributed by atoms with E-state index in [1.165, 1.54) is 17.8 Å². The van der Waals surface area contributed by atoms with Crippen molar-refractivity contribution in [2.75, 3.05) is 19.6 Å². The number of piperidine rings is 3. The maximum absolute atomic E-state index is 12.6. The first-order valence-electron chi connectivity index (χ1n) is 8.96. The molecule has 144 valence electrons. The van der Waals surface area contributed by atoms with Crippen LogP contribution in [0.15, 0.2) is 46.3 Å². The number of amides is 1. The number of hydrogen-bond donors (Lipinski definition) is 2. The Balaban J connectivity index is 1.37. The number of aromatic amines is 1. The van der Waals surface area contributed by atoms with Crippen LogP contribution in [0.3, 0.4) is 0 Å². The molecule has 2 N–H and O–H groups in total. The van der Waals surface area contributed by atoms with Crippen LogP contribution in [0.4, 0.5) is 13.2 Å². The summed E-state index contributed by atoms with van der Waals surface area (Å²) >= 11 is 1.20. The first kappa shape index (κ1) is 18.4. The highest BCUT2D eigenvalue weighted by atomic mass is 32.2. The Morgan fingerprint density at radius 2 is 1.81 bits per heavy atom. The molecular weight excluding hydrogens is 375 g/mol. The lowest BCUT2D eigenvalue weighted by molar-refractivity contribution is -0.141. The summed E-state index contributed by atoms with van der Waals surface area (Å²) in [5, 5.41) is 3.55. The number of rotatable bonds is 4. The van der Waals surface area contributed by atoms with Crippen molar-refractivity contribution in [1.29, 1.82) is 0 Å². The average molecular weight is 395 g/mol. The van der Waals surface area contributed by atoms with Crippen LogP contribution < -0.4 is 5.32 Å². The molecule has 3 fully saturated rings. The quantitative estimate of drug-likeness (QED) is 0.823. The van der Waals surface area contributed by atoms with Crippen molar-refractivity contribution in [2.45, 2.75) is 35.0 Å². The van der Waals surface area contributed by atoms with E-state index in [0.717, 1.165) is 43.4 Å². The number of carbonyl (C=O) groups is 1. The third-order valence-corrected chi connectivity index (χ3v) is 6.25. The molecule has 4 nitrogen and oxygen atoms in total. The number of halogens is 3. The Bertz CT molecular complexity index is 810. The molecule has 0 unspecified atom stereocenters. The molecule has 2 bridgehead atoms. The van der Waals surface area contributed by atoms with E-state index >= 15 is 0 Å². The summed E-state index contributed by atoms with van der Waals surface area (Å²) in [5.41, 5.74) is -0.197. The van der Waals surface area contributed by atoms with Crippen molar-refractivity contribution >= 4 is 17.7 Å². The van der Waals surface area contributed by atoms with Gasteiger partial charge in [0.15, 0.2) is 0 Å². The highest BCUT2D eigenvalue weighted by molar-refractivity contribution is 7.99. The fraction of sp³-hybridized carbons (Fsp3) is 0.421. The van der Waals surface area contributed by atoms with E-state index in [4.69, 9.17) is 0 Å². The normalized spacial score (nSPS) is 24.8. The molecule has 27 heavy (non-hydrogen) atoms. The van der Waals surface area contributed by atoms with Gasteiger partial charge in [-0.25, -0.2) is 0 Å². The van der Waals surface area contributed by atoms with Crippen LogP contribution in [-0.4, -0.2) is 41.5 Å². The Labute approximate surface area is 159 Å². The van der Waals surface area contributed by atoms with Crippen LogP contribution in [0.2, 0.25) is 0 Å². The molecule has 0 aliphatic carbocycles. The Hall–Kier alpha value is -1.93. The summed E-state index contributed by atoms with van der Waals surface area (Å²) < 4.78 is 37.9. The van der Waals surface area contributed by atoms with Gasteiger partial charge in [-0.3, -0.25) is 4.79 Å². The minimum Gasteiger partial charge on any atom is -0.348 e. The molecule has 5 rings (SSSR count). The van der Waals surface area contributed by atoms with Gasteiger partial charge < -0.3 is 15.2 Å². The molecule has 1 amide bonds.